The lowest BCUT2D eigenvalue weighted by atomic mass is 9.79. The molecule has 0 amide bonds. The molecular weight excluding hydrogens is 182 g/mol. The first-order valence-electron chi connectivity index (χ1n) is 4.77. The second-order valence-corrected chi connectivity index (χ2v) is 4.68. The molecule has 1 aromatic heterocycles. The van der Waals surface area contributed by atoms with E-state index in [0.29, 0.717) is 12.5 Å². The maximum Gasteiger partial charge on any atom is 0.129 e. The van der Waals surface area contributed by atoms with Crippen molar-refractivity contribution in [1.82, 2.24) is 9.36 Å². The van der Waals surface area contributed by atoms with Crippen molar-refractivity contribution in [1.29, 1.82) is 0 Å². The van der Waals surface area contributed by atoms with Gasteiger partial charge in [-0.05, 0) is 30.3 Å². The molecule has 2 atom stereocenters. The summed E-state index contributed by atoms with van der Waals surface area (Å²) in [6.07, 6.45) is 5.37. The van der Waals surface area contributed by atoms with Crippen molar-refractivity contribution in [2.45, 2.75) is 31.6 Å². The van der Waals surface area contributed by atoms with Crippen LogP contribution >= 0.6 is 11.5 Å². The van der Waals surface area contributed by atoms with Gasteiger partial charge >= 0.3 is 0 Å². The van der Waals surface area contributed by atoms with Gasteiger partial charge in [-0.1, -0.05) is 13.3 Å². The first-order chi connectivity index (χ1) is 6.29. The van der Waals surface area contributed by atoms with Gasteiger partial charge in [0.25, 0.3) is 0 Å². The Hall–Kier alpha value is -0.480. The van der Waals surface area contributed by atoms with Crippen LogP contribution in [0, 0.1) is 5.92 Å². The Balaban J connectivity index is 2.35. The highest BCUT2D eigenvalue weighted by molar-refractivity contribution is 7.05. The number of rotatable bonds is 2. The summed E-state index contributed by atoms with van der Waals surface area (Å²) >= 11 is 1.51. The van der Waals surface area contributed by atoms with Crippen LogP contribution in [-0.2, 0) is 5.41 Å². The van der Waals surface area contributed by atoms with Crippen molar-refractivity contribution in [3.8, 4) is 0 Å². The Morgan fingerprint density at radius 3 is 3.08 bits per heavy atom. The van der Waals surface area contributed by atoms with Crippen LogP contribution in [0.2, 0.25) is 0 Å². The van der Waals surface area contributed by atoms with Gasteiger partial charge in [0.1, 0.15) is 11.3 Å². The summed E-state index contributed by atoms with van der Waals surface area (Å²) in [6, 6.07) is 0. The topological polar surface area (TPSA) is 51.8 Å². The predicted molar refractivity (Wildman–Crippen MR) is 53.7 cm³/mol. The minimum atomic E-state index is 0.140. The molecule has 72 valence electrons. The van der Waals surface area contributed by atoms with Gasteiger partial charge in [-0.15, -0.1) is 0 Å². The molecule has 1 aliphatic carbocycles. The normalized spacial score (nSPS) is 33.8. The minimum Gasteiger partial charge on any atom is -0.329 e. The average molecular weight is 197 g/mol. The van der Waals surface area contributed by atoms with Crippen molar-refractivity contribution >= 4 is 11.5 Å². The zero-order valence-corrected chi connectivity index (χ0v) is 8.68. The molecule has 4 heteroatoms. The summed E-state index contributed by atoms with van der Waals surface area (Å²) in [5.74, 6) is 0.658. The standard InChI is InChI=1S/C9H15N3S/c1-7-3-2-4-9(7,5-10)8-11-6-12-13-8/h6-7H,2-5,10H2,1H3. The lowest BCUT2D eigenvalue weighted by Crippen LogP contribution is -2.37. The molecule has 0 aliphatic heterocycles. The molecule has 1 saturated carbocycles. The van der Waals surface area contributed by atoms with Crippen LogP contribution in [0.1, 0.15) is 31.2 Å². The fourth-order valence-corrected chi connectivity index (χ4v) is 3.20. The Kier molecular flexibility index (Phi) is 2.34. The third kappa shape index (κ3) is 1.28. The molecule has 1 heterocycles. The van der Waals surface area contributed by atoms with E-state index in [1.807, 2.05) is 0 Å². The lowest BCUT2D eigenvalue weighted by Gasteiger charge is -2.29. The predicted octanol–water partition coefficient (Wildman–Crippen LogP) is 1.55. The van der Waals surface area contributed by atoms with E-state index in [0.717, 1.165) is 5.01 Å². The Bertz CT molecular complexity index is 272. The van der Waals surface area contributed by atoms with Crippen LogP contribution in [0.25, 0.3) is 0 Å². The molecule has 2 unspecified atom stereocenters. The summed E-state index contributed by atoms with van der Waals surface area (Å²) in [4.78, 5) is 4.32. The Labute approximate surface area is 82.5 Å². The summed E-state index contributed by atoms with van der Waals surface area (Å²) in [6.45, 7) is 2.99. The highest BCUT2D eigenvalue weighted by Gasteiger charge is 2.42. The SMILES string of the molecule is CC1CCCC1(CN)c1ncns1. The van der Waals surface area contributed by atoms with E-state index in [4.69, 9.17) is 5.73 Å². The Morgan fingerprint density at radius 1 is 1.77 bits per heavy atom. The maximum atomic E-state index is 5.89. The first kappa shape index (κ1) is 9.09. The van der Waals surface area contributed by atoms with Crippen molar-refractivity contribution in [3.63, 3.8) is 0 Å². The molecule has 13 heavy (non-hydrogen) atoms. The van der Waals surface area contributed by atoms with Crippen LogP contribution in [0.3, 0.4) is 0 Å². The number of hydrogen-bond acceptors (Lipinski definition) is 4. The minimum absolute atomic E-state index is 0.140. The van der Waals surface area contributed by atoms with Crippen molar-refractivity contribution in [2.24, 2.45) is 11.7 Å². The van der Waals surface area contributed by atoms with Crippen LogP contribution < -0.4 is 5.73 Å². The van der Waals surface area contributed by atoms with E-state index in [2.05, 4.69) is 16.3 Å². The molecule has 0 radical (unpaired) electrons. The molecule has 3 nitrogen and oxygen atoms in total. The fraction of sp³-hybridized carbons (Fsp3) is 0.778. The van der Waals surface area contributed by atoms with Crippen molar-refractivity contribution < 1.29 is 0 Å². The van der Waals surface area contributed by atoms with E-state index in [1.165, 1.54) is 30.8 Å². The zero-order chi connectivity index (χ0) is 9.31. The van der Waals surface area contributed by atoms with Gasteiger partial charge < -0.3 is 5.73 Å². The van der Waals surface area contributed by atoms with Gasteiger partial charge in [0.05, 0.1) is 0 Å². The molecule has 0 bridgehead atoms. The molecule has 1 aromatic rings. The van der Waals surface area contributed by atoms with Gasteiger partial charge in [-0.25, -0.2) is 4.98 Å². The van der Waals surface area contributed by atoms with E-state index in [1.54, 1.807) is 6.33 Å². The highest BCUT2D eigenvalue weighted by atomic mass is 32.1. The third-order valence-electron chi connectivity index (χ3n) is 3.35. The van der Waals surface area contributed by atoms with Crippen LogP contribution in [0.5, 0.6) is 0 Å². The van der Waals surface area contributed by atoms with Crippen molar-refractivity contribution in [2.75, 3.05) is 6.54 Å². The van der Waals surface area contributed by atoms with Gasteiger partial charge in [-0.3, -0.25) is 0 Å². The molecule has 2 N–H and O–H groups in total. The number of hydrogen-bond donors (Lipinski definition) is 1. The van der Waals surface area contributed by atoms with E-state index >= 15 is 0 Å². The second-order valence-electron chi connectivity index (χ2n) is 3.90. The highest BCUT2D eigenvalue weighted by Crippen LogP contribution is 2.44. The second kappa shape index (κ2) is 3.35. The molecule has 0 aromatic carbocycles. The van der Waals surface area contributed by atoms with E-state index in [-0.39, 0.29) is 5.41 Å². The summed E-state index contributed by atoms with van der Waals surface area (Å²) in [7, 11) is 0. The van der Waals surface area contributed by atoms with Gasteiger partial charge in [0, 0.05) is 12.0 Å². The summed E-state index contributed by atoms with van der Waals surface area (Å²) in [5.41, 5.74) is 6.03. The van der Waals surface area contributed by atoms with Gasteiger partial charge in [-0.2, -0.15) is 4.37 Å². The molecule has 2 rings (SSSR count). The zero-order valence-electron chi connectivity index (χ0n) is 7.86. The molecule has 0 spiro atoms. The molecule has 1 aliphatic rings. The van der Waals surface area contributed by atoms with E-state index in [9.17, 15) is 0 Å². The quantitative estimate of drug-likeness (QED) is 0.782. The molecule has 0 saturated heterocycles. The van der Waals surface area contributed by atoms with Crippen molar-refractivity contribution in [3.05, 3.63) is 11.3 Å². The third-order valence-corrected chi connectivity index (χ3v) is 4.24. The smallest absolute Gasteiger partial charge is 0.129 e. The van der Waals surface area contributed by atoms with Gasteiger partial charge in [0.15, 0.2) is 0 Å². The Morgan fingerprint density at radius 2 is 2.62 bits per heavy atom. The largest absolute Gasteiger partial charge is 0.329 e. The molecular formula is C9H15N3S. The lowest BCUT2D eigenvalue weighted by molar-refractivity contribution is 0.345. The van der Waals surface area contributed by atoms with Crippen LogP contribution in [-0.4, -0.2) is 15.9 Å². The maximum absolute atomic E-state index is 5.89. The van der Waals surface area contributed by atoms with E-state index < -0.39 is 0 Å². The molecule has 1 fully saturated rings. The van der Waals surface area contributed by atoms with Crippen LogP contribution in [0.15, 0.2) is 6.33 Å². The number of aromatic nitrogens is 2. The van der Waals surface area contributed by atoms with Gasteiger partial charge in [0.2, 0.25) is 0 Å². The fourth-order valence-electron chi connectivity index (χ4n) is 2.35. The summed E-state index contributed by atoms with van der Waals surface area (Å²) < 4.78 is 4.07. The first-order valence-corrected chi connectivity index (χ1v) is 5.54. The number of nitrogens with two attached hydrogens (primary N) is 1. The monoisotopic (exact) mass is 197 g/mol. The average Bonchev–Trinajstić information content (AvgIpc) is 2.73. The summed E-state index contributed by atoms with van der Waals surface area (Å²) in [5, 5.41) is 1.14. The number of nitrogens with zero attached hydrogens (tertiary/aromatic N) is 2. The van der Waals surface area contributed by atoms with Crippen LogP contribution in [0.4, 0.5) is 0 Å².